The number of imide groups is 2. The molecule has 0 bridgehead atoms. The van der Waals surface area contributed by atoms with Crippen molar-refractivity contribution in [2.24, 2.45) is 5.41 Å². The van der Waals surface area contributed by atoms with Gasteiger partial charge in [0, 0.05) is 23.2 Å². The van der Waals surface area contributed by atoms with Crippen molar-refractivity contribution in [3.63, 3.8) is 0 Å². The number of hydrogen-bond donors (Lipinski definition) is 1. The topological polar surface area (TPSA) is 79.4 Å². The van der Waals surface area contributed by atoms with Crippen molar-refractivity contribution in [2.75, 3.05) is 4.90 Å². The molecular weight excluding hydrogens is 270 g/mol. The quantitative estimate of drug-likeness (QED) is 0.805. The predicted octanol–water partition coefficient (Wildman–Crippen LogP) is 1.60. The molecule has 2 heterocycles. The van der Waals surface area contributed by atoms with Gasteiger partial charge in [0.2, 0.25) is 5.91 Å². The smallest absolute Gasteiger partial charge is 0.276 e. The lowest BCUT2D eigenvalue weighted by Gasteiger charge is -2.30. The van der Waals surface area contributed by atoms with E-state index in [1.807, 2.05) is 6.07 Å². The van der Waals surface area contributed by atoms with E-state index in [1.165, 1.54) is 0 Å². The Bertz CT molecular complexity index is 805. The van der Waals surface area contributed by atoms with E-state index in [4.69, 9.17) is 0 Å². The van der Waals surface area contributed by atoms with Crippen LogP contribution in [0.3, 0.4) is 0 Å². The van der Waals surface area contributed by atoms with Crippen LogP contribution in [0.5, 0.6) is 0 Å². The number of urea groups is 1. The second-order valence-electron chi connectivity index (χ2n) is 5.36. The number of pyridine rings is 1. The standard InChI is InChI=1S/C15H11N3O3/c19-12-15(5-6-15)13(20)18(14(21)17-12)11-3-1-2-9-8-16-7-4-10(9)11/h1-4,7-8H,5-6H2,(H,17,19,21). The fraction of sp³-hybridized carbons (Fsp3) is 0.200. The average Bonchev–Trinajstić information content (AvgIpc) is 3.28. The van der Waals surface area contributed by atoms with Gasteiger partial charge in [0.05, 0.1) is 5.69 Å². The molecule has 1 aliphatic heterocycles. The first kappa shape index (κ1) is 12.0. The molecule has 104 valence electrons. The maximum absolute atomic E-state index is 12.6. The van der Waals surface area contributed by atoms with Gasteiger partial charge in [-0.2, -0.15) is 0 Å². The van der Waals surface area contributed by atoms with E-state index in [9.17, 15) is 14.4 Å². The molecular formula is C15H11N3O3. The summed E-state index contributed by atoms with van der Waals surface area (Å²) in [5, 5.41) is 3.87. The van der Waals surface area contributed by atoms with Crippen LogP contribution in [-0.4, -0.2) is 22.8 Å². The van der Waals surface area contributed by atoms with Crippen molar-refractivity contribution < 1.29 is 14.4 Å². The van der Waals surface area contributed by atoms with Crippen molar-refractivity contribution in [2.45, 2.75) is 12.8 Å². The van der Waals surface area contributed by atoms with Crippen LogP contribution in [0.15, 0.2) is 36.7 Å². The van der Waals surface area contributed by atoms with Crippen LogP contribution >= 0.6 is 0 Å². The summed E-state index contributed by atoms with van der Waals surface area (Å²) in [6.07, 6.45) is 4.26. The number of amides is 4. The number of nitrogens with zero attached hydrogens (tertiary/aromatic N) is 2. The predicted molar refractivity (Wildman–Crippen MR) is 74.4 cm³/mol. The summed E-state index contributed by atoms with van der Waals surface area (Å²) in [6.45, 7) is 0. The highest BCUT2D eigenvalue weighted by molar-refractivity contribution is 6.32. The van der Waals surface area contributed by atoms with E-state index in [-0.39, 0.29) is 0 Å². The molecule has 4 amide bonds. The first-order valence-corrected chi connectivity index (χ1v) is 6.66. The maximum Gasteiger partial charge on any atom is 0.335 e. The molecule has 1 aliphatic carbocycles. The third-order valence-electron chi connectivity index (χ3n) is 4.12. The Labute approximate surface area is 119 Å². The molecule has 1 aromatic carbocycles. The monoisotopic (exact) mass is 281 g/mol. The second-order valence-corrected chi connectivity index (χ2v) is 5.36. The SMILES string of the molecule is O=C1NC(=O)C2(CC2)C(=O)N1c1cccc2cnccc12. The average molecular weight is 281 g/mol. The summed E-state index contributed by atoms with van der Waals surface area (Å²) < 4.78 is 0. The van der Waals surface area contributed by atoms with E-state index >= 15 is 0 Å². The molecule has 1 saturated heterocycles. The minimum Gasteiger partial charge on any atom is -0.276 e. The molecule has 4 rings (SSSR count). The van der Waals surface area contributed by atoms with Gasteiger partial charge >= 0.3 is 6.03 Å². The first-order chi connectivity index (χ1) is 10.1. The minimum absolute atomic E-state index is 0.430. The summed E-state index contributed by atoms with van der Waals surface area (Å²) in [6, 6.07) is 6.38. The van der Waals surface area contributed by atoms with Gasteiger partial charge in [-0.25, -0.2) is 9.69 Å². The van der Waals surface area contributed by atoms with Gasteiger partial charge in [0.1, 0.15) is 5.41 Å². The highest BCUT2D eigenvalue weighted by atomic mass is 16.2. The molecule has 0 atom stereocenters. The molecule has 6 nitrogen and oxygen atoms in total. The number of hydrogen-bond acceptors (Lipinski definition) is 4. The fourth-order valence-corrected chi connectivity index (χ4v) is 2.76. The Morgan fingerprint density at radius 3 is 2.71 bits per heavy atom. The third kappa shape index (κ3) is 1.53. The summed E-state index contributed by atoms with van der Waals surface area (Å²) >= 11 is 0. The van der Waals surface area contributed by atoms with Gasteiger partial charge < -0.3 is 0 Å². The van der Waals surface area contributed by atoms with E-state index < -0.39 is 23.3 Å². The normalized spacial score (nSPS) is 20.0. The zero-order chi connectivity index (χ0) is 14.6. The molecule has 2 fully saturated rings. The van der Waals surface area contributed by atoms with Crippen LogP contribution in [-0.2, 0) is 9.59 Å². The van der Waals surface area contributed by atoms with E-state index in [0.29, 0.717) is 18.5 Å². The van der Waals surface area contributed by atoms with Gasteiger partial charge in [-0.05, 0) is 25.0 Å². The molecule has 6 heteroatoms. The second kappa shape index (κ2) is 3.88. The number of aromatic nitrogens is 1. The van der Waals surface area contributed by atoms with Crippen LogP contribution in [0.25, 0.3) is 10.8 Å². The third-order valence-corrected chi connectivity index (χ3v) is 4.12. The zero-order valence-electron chi connectivity index (χ0n) is 11.0. The van der Waals surface area contributed by atoms with Crippen molar-refractivity contribution in [3.05, 3.63) is 36.7 Å². The molecule has 0 radical (unpaired) electrons. The van der Waals surface area contributed by atoms with Gasteiger partial charge in [0.25, 0.3) is 5.91 Å². The van der Waals surface area contributed by atoms with Gasteiger partial charge in [-0.3, -0.25) is 19.9 Å². The number of barbiturate groups is 1. The first-order valence-electron chi connectivity index (χ1n) is 6.66. The lowest BCUT2D eigenvalue weighted by Crippen LogP contribution is -2.59. The number of nitrogens with one attached hydrogen (secondary N) is 1. The Kier molecular flexibility index (Phi) is 2.22. The Hall–Kier alpha value is -2.76. The van der Waals surface area contributed by atoms with E-state index in [0.717, 1.165) is 15.7 Å². The highest BCUT2D eigenvalue weighted by Crippen LogP contribution is 2.50. The van der Waals surface area contributed by atoms with Crippen molar-refractivity contribution in [3.8, 4) is 0 Å². The van der Waals surface area contributed by atoms with Crippen molar-refractivity contribution >= 4 is 34.3 Å². The minimum atomic E-state index is -1.04. The van der Waals surface area contributed by atoms with Crippen LogP contribution in [0.1, 0.15) is 12.8 Å². The van der Waals surface area contributed by atoms with Gasteiger partial charge in [-0.1, -0.05) is 12.1 Å². The molecule has 0 unspecified atom stereocenters. The van der Waals surface area contributed by atoms with Crippen LogP contribution in [0.2, 0.25) is 0 Å². The van der Waals surface area contributed by atoms with E-state index in [1.54, 1.807) is 30.6 Å². The number of anilines is 1. The number of carbonyl (C=O) groups is 3. The Morgan fingerprint density at radius 1 is 1.14 bits per heavy atom. The summed E-state index contributed by atoms with van der Waals surface area (Å²) in [5.74, 6) is -0.906. The summed E-state index contributed by atoms with van der Waals surface area (Å²) in [7, 11) is 0. The molecule has 2 aromatic rings. The molecule has 1 N–H and O–H groups in total. The van der Waals surface area contributed by atoms with Gasteiger partial charge in [-0.15, -0.1) is 0 Å². The van der Waals surface area contributed by atoms with Crippen molar-refractivity contribution in [1.82, 2.24) is 10.3 Å². The fourth-order valence-electron chi connectivity index (χ4n) is 2.76. The van der Waals surface area contributed by atoms with Crippen molar-refractivity contribution in [1.29, 1.82) is 0 Å². The number of carbonyl (C=O) groups excluding carboxylic acids is 3. The zero-order valence-corrected chi connectivity index (χ0v) is 11.0. The lowest BCUT2D eigenvalue weighted by molar-refractivity contribution is -0.136. The summed E-state index contributed by atoms with van der Waals surface area (Å²) in [4.78, 5) is 41.7. The molecule has 1 spiro atoms. The Morgan fingerprint density at radius 2 is 1.95 bits per heavy atom. The molecule has 1 saturated carbocycles. The highest BCUT2D eigenvalue weighted by Gasteiger charge is 2.62. The largest absolute Gasteiger partial charge is 0.335 e. The van der Waals surface area contributed by atoms with Crippen LogP contribution < -0.4 is 10.2 Å². The van der Waals surface area contributed by atoms with Gasteiger partial charge in [0.15, 0.2) is 0 Å². The van der Waals surface area contributed by atoms with Crippen LogP contribution in [0, 0.1) is 5.41 Å². The maximum atomic E-state index is 12.6. The molecule has 21 heavy (non-hydrogen) atoms. The molecule has 1 aromatic heterocycles. The lowest BCUT2D eigenvalue weighted by atomic mass is 10.0. The Balaban J connectivity index is 1.90. The molecule has 2 aliphatic rings. The number of rotatable bonds is 1. The van der Waals surface area contributed by atoms with E-state index in [2.05, 4.69) is 10.3 Å². The number of fused-ring (bicyclic) bond motifs is 1. The van der Waals surface area contributed by atoms with Crippen LogP contribution in [0.4, 0.5) is 10.5 Å². The summed E-state index contributed by atoms with van der Waals surface area (Å²) in [5.41, 5.74) is -0.556. The number of benzene rings is 1.